The molecule has 0 radical (unpaired) electrons. The average molecular weight is 352 g/mol. The number of carbonyl (C=O) groups excluding carboxylic acids is 1. The van der Waals surface area contributed by atoms with Gasteiger partial charge in [0.05, 0.1) is 0 Å². The van der Waals surface area contributed by atoms with Crippen molar-refractivity contribution < 1.29 is 9.53 Å². The SMILES string of the molecule is CN1C2CCC1CC(OC(=O)[N]1C=C[CH2][In]1[CH3])C2. The van der Waals surface area contributed by atoms with Gasteiger partial charge in [-0.25, -0.2) is 0 Å². The van der Waals surface area contributed by atoms with Crippen LogP contribution in [0.25, 0.3) is 0 Å². The normalized spacial score (nSPS) is 35.3. The number of nitrogens with zero attached hydrogens (tertiary/aromatic N) is 2. The zero-order valence-electron chi connectivity index (χ0n) is 11.2. The molecule has 2 unspecified atom stereocenters. The zero-order valence-corrected chi connectivity index (χ0v) is 14.5. The topological polar surface area (TPSA) is 32.8 Å². The predicted molar refractivity (Wildman–Crippen MR) is 71.5 cm³/mol. The molecule has 0 aliphatic carbocycles. The number of fused-ring (bicyclic) bond motifs is 2. The molecule has 2 saturated heterocycles. The molecule has 98 valence electrons. The zero-order chi connectivity index (χ0) is 12.7. The van der Waals surface area contributed by atoms with Crippen molar-refractivity contribution in [2.75, 3.05) is 7.05 Å². The van der Waals surface area contributed by atoms with Crippen molar-refractivity contribution in [3.63, 3.8) is 0 Å². The van der Waals surface area contributed by atoms with E-state index in [9.17, 15) is 4.79 Å². The quantitative estimate of drug-likeness (QED) is 0.726. The van der Waals surface area contributed by atoms with Crippen molar-refractivity contribution in [3.05, 3.63) is 12.3 Å². The van der Waals surface area contributed by atoms with Gasteiger partial charge in [-0.15, -0.1) is 0 Å². The molecule has 4 nitrogen and oxygen atoms in total. The summed E-state index contributed by atoms with van der Waals surface area (Å²) in [7, 11) is 2.21. The molecule has 3 heterocycles. The Kier molecular flexibility index (Phi) is 3.63. The van der Waals surface area contributed by atoms with Gasteiger partial charge in [0, 0.05) is 0 Å². The van der Waals surface area contributed by atoms with E-state index in [1.807, 2.05) is 9.09 Å². The van der Waals surface area contributed by atoms with Crippen LogP contribution in [0.1, 0.15) is 25.7 Å². The third-order valence-corrected chi connectivity index (χ3v) is 11.3. The molecule has 0 aromatic rings. The van der Waals surface area contributed by atoms with Crippen molar-refractivity contribution in [1.82, 2.24) is 7.79 Å². The van der Waals surface area contributed by atoms with E-state index in [1.54, 1.807) is 0 Å². The van der Waals surface area contributed by atoms with Gasteiger partial charge in [0.15, 0.2) is 0 Å². The molecular weight excluding hydrogens is 331 g/mol. The number of hydrogen-bond donors (Lipinski definition) is 0. The van der Waals surface area contributed by atoms with Gasteiger partial charge in [-0.1, -0.05) is 0 Å². The fourth-order valence-electron chi connectivity index (χ4n) is 3.53. The average Bonchev–Trinajstić information content (AvgIpc) is 2.82. The number of hydrogen-bond acceptors (Lipinski definition) is 3. The molecule has 2 atom stereocenters. The van der Waals surface area contributed by atoms with Crippen LogP contribution in [0, 0.1) is 0 Å². The maximum absolute atomic E-state index is 12.1. The maximum atomic E-state index is 12.1. The van der Waals surface area contributed by atoms with Crippen molar-refractivity contribution in [3.8, 4) is 0 Å². The second-order valence-corrected chi connectivity index (χ2v) is 13.7. The van der Waals surface area contributed by atoms with Crippen LogP contribution >= 0.6 is 0 Å². The van der Waals surface area contributed by atoms with Crippen LogP contribution in [0.4, 0.5) is 4.79 Å². The Morgan fingerprint density at radius 2 is 2.00 bits per heavy atom. The summed E-state index contributed by atoms with van der Waals surface area (Å²) in [6.45, 7) is 0. The molecule has 0 N–H and O–H groups in total. The fraction of sp³-hybridized carbons (Fsp3) is 0.769. The van der Waals surface area contributed by atoms with Crippen LogP contribution in [0.2, 0.25) is 8.86 Å². The first-order chi connectivity index (χ1) is 8.65. The second-order valence-electron chi connectivity index (χ2n) is 5.90. The van der Waals surface area contributed by atoms with E-state index < -0.39 is 21.7 Å². The van der Waals surface area contributed by atoms with E-state index >= 15 is 0 Å². The van der Waals surface area contributed by atoms with Crippen LogP contribution in [0.15, 0.2) is 12.3 Å². The molecule has 0 saturated carbocycles. The van der Waals surface area contributed by atoms with Gasteiger partial charge in [-0.05, 0) is 0 Å². The van der Waals surface area contributed by atoms with E-state index in [0.29, 0.717) is 12.1 Å². The van der Waals surface area contributed by atoms with Gasteiger partial charge in [0.1, 0.15) is 0 Å². The molecule has 2 fully saturated rings. The molecule has 3 rings (SSSR count). The first kappa shape index (κ1) is 12.9. The van der Waals surface area contributed by atoms with E-state index in [0.717, 1.165) is 17.0 Å². The predicted octanol–water partition coefficient (Wildman–Crippen LogP) is 2.20. The summed E-state index contributed by atoms with van der Waals surface area (Å²) >= 11 is -1.77. The van der Waals surface area contributed by atoms with Gasteiger partial charge in [-0.2, -0.15) is 0 Å². The molecule has 5 heteroatoms. The van der Waals surface area contributed by atoms with Crippen LogP contribution < -0.4 is 0 Å². The summed E-state index contributed by atoms with van der Waals surface area (Å²) in [5, 5.41) is 0. The molecule has 3 aliphatic rings. The summed E-state index contributed by atoms with van der Waals surface area (Å²) in [5.74, 6) is 0. The third-order valence-electron chi connectivity index (χ3n) is 4.75. The third kappa shape index (κ3) is 2.31. The molecule has 2 bridgehead atoms. The molecule has 1 amide bonds. The van der Waals surface area contributed by atoms with Gasteiger partial charge in [0.25, 0.3) is 0 Å². The first-order valence-corrected chi connectivity index (χ1v) is 14.1. The summed E-state index contributed by atoms with van der Waals surface area (Å²) in [5.41, 5.74) is 0. The summed E-state index contributed by atoms with van der Waals surface area (Å²) < 4.78 is 11.1. The fourth-order valence-corrected chi connectivity index (χ4v) is 8.04. The van der Waals surface area contributed by atoms with Gasteiger partial charge < -0.3 is 0 Å². The van der Waals surface area contributed by atoms with Crippen molar-refractivity contribution in [1.29, 1.82) is 0 Å². The van der Waals surface area contributed by atoms with E-state index in [1.165, 1.54) is 12.8 Å². The monoisotopic (exact) mass is 352 g/mol. The Bertz CT molecular complexity index is 360. The Balaban J connectivity index is 1.58. The first-order valence-electron chi connectivity index (χ1n) is 7.02. The van der Waals surface area contributed by atoms with Crippen LogP contribution in [0.3, 0.4) is 0 Å². The van der Waals surface area contributed by atoms with E-state index in [2.05, 4.69) is 22.7 Å². The number of piperidine rings is 1. The number of ether oxygens (including phenoxy) is 1. The molecule has 3 aliphatic heterocycles. The van der Waals surface area contributed by atoms with E-state index in [-0.39, 0.29) is 12.2 Å². The number of carbonyl (C=O) groups is 1. The minimum atomic E-state index is -1.77. The standard InChI is InChI=1S/C12H19N2O2.CH3.In/c1-3-6-13-12(15)16-11-7-9-4-5-10(8-11)14(9)2;;/h3,6,9-11H,1,4-5,7-8H2,2H3,(H,13,15);1H3;/q;;+1/p-1. The van der Waals surface area contributed by atoms with E-state index in [4.69, 9.17) is 4.74 Å². The number of allylic oxidation sites excluding steroid dienone is 1. The van der Waals surface area contributed by atoms with Crippen molar-refractivity contribution in [2.24, 2.45) is 0 Å². The Morgan fingerprint density at radius 1 is 1.33 bits per heavy atom. The molecule has 0 aromatic heterocycles. The van der Waals surface area contributed by atoms with Crippen molar-refractivity contribution in [2.45, 2.75) is 52.7 Å². The Morgan fingerprint density at radius 3 is 2.56 bits per heavy atom. The Labute approximate surface area is 117 Å². The van der Waals surface area contributed by atoms with Crippen LogP contribution in [-0.2, 0) is 4.74 Å². The van der Waals surface area contributed by atoms with Gasteiger partial charge >= 0.3 is 117 Å². The summed E-state index contributed by atoms with van der Waals surface area (Å²) in [6, 6.07) is 1.27. The molecule has 0 spiro atoms. The molecular formula is C13H21InN2O2. The van der Waals surface area contributed by atoms with Crippen LogP contribution in [0.5, 0.6) is 0 Å². The van der Waals surface area contributed by atoms with Crippen LogP contribution in [-0.4, -0.2) is 60.8 Å². The number of rotatable bonds is 1. The minimum absolute atomic E-state index is 0.0685. The Hall–Kier alpha value is -0.160. The van der Waals surface area contributed by atoms with Gasteiger partial charge in [-0.3, -0.25) is 0 Å². The molecule has 0 aromatic carbocycles. The van der Waals surface area contributed by atoms with Crippen molar-refractivity contribution >= 4 is 27.8 Å². The number of amides is 1. The second kappa shape index (κ2) is 5.08. The summed E-state index contributed by atoms with van der Waals surface area (Å²) in [6.07, 6.45) is 8.76. The summed E-state index contributed by atoms with van der Waals surface area (Å²) in [4.78, 5) is 14.6. The van der Waals surface area contributed by atoms with Gasteiger partial charge in [0.2, 0.25) is 0 Å². The molecule has 18 heavy (non-hydrogen) atoms.